The Labute approximate surface area is 219 Å². The number of nitrogens with one attached hydrogen (secondary N) is 3. The number of para-hydroxylation sites is 1. The van der Waals surface area contributed by atoms with Gasteiger partial charge in [-0.05, 0) is 68.1 Å². The summed E-state index contributed by atoms with van der Waals surface area (Å²) in [4.78, 5) is 30.1. The molecule has 0 aliphatic heterocycles. The largest absolute Gasteiger partial charge is 0.446 e. The predicted octanol–water partition coefficient (Wildman–Crippen LogP) is 5.91. The molecule has 196 valence electrons. The minimum Gasteiger partial charge on any atom is -0.446 e. The molecule has 3 N–H and O–H groups in total. The first-order valence-electron chi connectivity index (χ1n) is 13.9. The van der Waals surface area contributed by atoms with E-state index in [1.165, 1.54) is 25.7 Å². The van der Waals surface area contributed by atoms with Gasteiger partial charge in [-0.1, -0.05) is 67.8 Å². The summed E-state index contributed by atoms with van der Waals surface area (Å²) >= 11 is 0. The van der Waals surface area contributed by atoms with E-state index in [1.807, 2.05) is 48.7 Å². The Morgan fingerprint density at radius 3 is 2.59 bits per heavy atom. The van der Waals surface area contributed by atoms with Crippen molar-refractivity contribution >= 4 is 22.9 Å². The van der Waals surface area contributed by atoms with Crippen LogP contribution in [0.5, 0.6) is 0 Å². The number of carbonyl (C=O) groups excluding carboxylic acids is 2. The van der Waals surface area contributed by atoms with E-state index in [4.69, 9.17) is 4.74 Å². The van der Waals surface area contributed by atoms with Gasteiger partial charge < -0.3 is 20.4 Å². The van der Waals surface area contributed by atoms with Gasteiger partial charge in [0, 0.05) is 30.1 Å². The third-order valence-electron chi connectivity index (χ3n) is 8.41. The number of H-pyrrole nitrogens is 1. The maximum atomic E-state index is 13.6. The molecular weight excluding hydrogens is 462 g/mol. The number of ether oxygens (including phenoxy) is 1. The van der Waals surface area contributed by atoms with E-state index in [0.717, 1.165) is 47.7 Å². The highest BCUT2D eigenvalue weighted by atomic mass is 16.6. The molecule has 2 aliphatic carbocycles. The van der Waals surface area contributed by atoms with Gasteiger partial charge in [0.15, 0.2) is 0 Å². The van der Waals surface area contributed by atoms with Gasteiger partial charge in [-0.2, -0.15) is 0 Å². The van der Waals surface area contributed by atoms with Crippen LogP contribution in [0.25, 0.3) is 10.9 Å². The number of alkyl carbamates (subject to hydrolysis) is 1. The van der Waals surface area contributed by atoms with Crippen molar-refractivity contribution in [1.29, 1.82) is 0 Å². The lowest BCUT2D eigenvalue weighted by molar-refractivity contribution is -0.127. The van der Waals surface area contributed by atoms with Gasteiger partial charge in [0.2, 0.25) is 5.91 Å². The van der Waals surface area contributed by atoms with Gasteiger partial charge in [-0.3, -0.25) is 4.79 Å². The molecule has 0 saturated heterocycles. The molecule has 2 aliphatic rings. The number of hydrogen-bond donors (Lipinski definition) is 3. The second kappa shape index (κ2) is 11.4. The molecule has 1 heterocycles. The first-order valence-corrected chi connectivity index (χ1v) is 13.9. The van der Waals surface area contributed by atoms with Crippen LogP contribution >= 0.6 is 0 Å². The Morgan fingerprint density at radius 2 is 1.73 bits per heavy atom. The molecule has 2 saturated carbocycles. The number of amides is 2. The van der Waals surface area contributed by atoms with Crippen molar-refractivity contribution in [3.63, 3.8) is 0 Å². The van der Waals surface area contributed by atoms with Crippen molar-refractivity contribution in [1.82, 2.24) is 15.6 Å². The lowest BCUT2D eigenvalue weighted by atomic mass is 9.69. The van der Waals surface area contributed by atoms with Crippen LogP contribution < -0.4 is 10.6 Å². The minimum absolute atomic E-state index is 0.0578. The van der Waals surface area contributed by atoms with Crippen molar-refractivity contribution in [2.24, 2.45) is 11.8 Å². The monoisotopic (exact) mass is 501 g/mol. The number of rotatable bonds is 8. The van der Waals surface area contributed by atoms with Crippen LogP contribution in [0, 0.1) is 11.8 Å². The predicted molar refractivity (Wildman–Crippen MR) is 146 cm³/mol. The first kappa shape index (κ1) is 25.4. The van der Waals surface area contributed by atoms with Crippen molar-refractivity contribution in [2.45, 2.75) is 76.4 Å². The van der Waals surface area contributed by atoms with Crippen LogP contribution in [0.15, 0.2) is 60.8 Å². The maximum absolute atomic E-state index is 13.6. The summed E-state index contributed by atoms with van der Waals surface area (Å²) in [7, 11) is 0. The van der Waals surface area contributed by atoms with E-state index in [9.17, 15) is 9.59 Å². The highest BCUT2D eigenvalue weighted by molar-refractivity contribution is 5.91. The average molecular weight is 502 g/mol. The zero-order valence-electron chi connectivity index (χ0n) is 21.8. The topological polar surface area (TPSA) is 83.2 Å². The van der Waals surface area contributed by atoms with Crippen molar-refractivity contribution in [2.75, 3.05) is 6.54 Å². The quantitative estimate of drug-likeness (QED) is 0.359. The van der Waals surface area contributed by atoms with Crippen LogP contribution in [0.4, 0.5) is 4.79 Å². The molecule has 0 spiro atoms. The minimum atomic E-state index is -1.15. The second-order valence-corrected chi connectivity index (χ2v) is 11.1. The second-order valence-electron chi connectivity index (χ2n) is 11.1. The highest BCUT2D eigenvalue weighted by Gasteiger charge is 2.40. The molecular formula is C31H39N3O3. The molecule has 0 radical (unpaired) electrons. The van der Waals surface area contributed by atoms with Gasteiger partial charge in [0.1, 0.15) is 11.6 Å². The molecule has 1 unspecified atom stereocenters. The molecule has 2 fully saturated rings. The fraction of sp³-hybridized carbons (Fsp3) is 0.484. The van der Waals surface area contributed by atoms with Crippen LogP contribution in [-0.2, 0) is 22.4 Å². The Bertz CT molecular complexity index is 1200. The van der Waals surface area contributed by atoms with Crippen LogP contribution in [0.1, 0.15) is 63.0 Å². The summed E-state index contributed by atoms with van der Waals surface area (Å²) in [5.74, 6) is 0.914. The van der Waals surface area contributed by atoms with Crippen LogP contribution in [0.3, 0.4) is 0 Å². The zero-order valence-corrected chi connectivity index (χ0v) is 21.8. The summed E-state index contributed by atoms with van der Waals surface area (Å²) in [5, 5.41) is 7.12. The molecule has 3 aromatic rings. The molecule has 4 atom stereocenters. The third-order valence-corrected chi connectivity index (χ3v) is 8.41. The van der Waals surface area contributed by atoms with Gasteiger partial charge >= 0.3 is 6.09 Å². The lowest BCUT2D eigenvalue weighted by Gasteiger charge is -2.41. The molecule has 6 heteroatoms. The highest BCUT2D eigenvalue weighted by Crippen LogP contribution is 2.41. The maximum Gasteiger partial charge on any atom is 0.408 e. The van der Waals surface area contributed by atoms with E-state index in [0.29, 0.717) is 24.8 Å². The van der Waals surface area contributed by atoms with E-state index in [1.54, 1.807) is 6.92 Å². The summed E-state index contributed by atoms with van der Waals surface area (Å²) in [6.45, 7) is 2.30. The summed E-state index contributed by atoms with van der Waals surface area (Å²) in [5.41, 5.74) is 2.01. The Balaban J connectivity index is 1.30. The van der Waals surface area contributed by atoms with Crippen molar-refractivity contribution in [3.8, 4) is 0 Å². The van der Waals surface area contributed by atoms with E-state index in [2.05, 4.69) is 27.8 Å². The molecule has 37 heavy (non-hydrogen) atoms. The number of hydrogen-bond acceptors (Lipinski definition) is 3. The van der Waals surface area contributed by atoms with Crippen molar-refractivity contribution in [3.05, 3.63) is 71.9 Å². The fourth-order valence-corrected chi connectivity index (χ4v) is 6.42. The zero-order chi connectivity index (χ0) is 25.7. The Morgan fingerprint density at radius 1 is 0.973 bits per heavy atom. The third kappa shape index (κ3) is 6.00. The van der Waals surface area contributed by atoms with E-state index in [-0.39, 0.29) is 12.0 Å². The smallest absolute Gasteiger partial charge is 0.408 e. The standard InChI is InChI=1S/C31H39N3O3/c1-31(20-24-21-33-27-16-8-7-14-25(24)27,29(35)32-19-18-22-10-3-2-4-11-22)34-30(36)37-28-17-9-13-23-12-5-6-15-26(23)28/h2-4,7-8,10-11,14,16,21,23,26,28,33H,5-6,9,12-13,15,17-20H2,1H3,(H,32,35)(H,34,36)/t23-,26-,28?,31+/m1/s1. The Hall–Kier alpha value is -3.28. The number of aromatic nitrogens is 1. The summed E-state index contributed by atoms with van der Waals surface area (Å²) in [6, 6.07) is 18.1. The normalized spacial score (nSPS) is 23.0. The van der Waals surface area contributed by atoms with Gasteiger partial charge in [0.05, 0.1) is 0 Å². The SMILES string of the molecule is C[C@@](Cc1c[nH]c2ccccc12)(NC(=O)OC1CCC[C@H]2CCCC[C@@H]12)C(=O)NCCc1ccccc1. The number of benzene rings is 2. The Kier molecular flexibility index (Phi) is 7.82. The molecule has 6 nitrogen and oxygen atoms in total. The van der Waals surface area contributed by atoms with Gasteiger partial charge in [-0.25, -0.2) is 4.79 Å². The number of aromatic amines is 1. The lowest BCUT2D eigenvalue weighted by Crippen LogP contribution is -2.59. The summed E-state index contributed by atoms with van der Waals surface area (Å²) < 4.78 is 6.05. The molecule has 0 bridgehead atoms. The number of carbonyl (C=O) groups is 2. The van der Waals surface area contributed by atoms with Gasteiger partial charge in [-0.15, -0.1) is 0 Å². The average Bonchev–Trinajstić information content (AvgIpc) is 3.31. The van der Waals surface area contributed by atoms with E-state index >= 15 is 0 Å². The molecule has 2 amide bonds. The molecule has 5 rings (SSSR count). The first-order chi connectivity index (χ1) is 18.0. The van der Waals surface area contributed by atoms with Crippen molar-refractivity contribution < 1.29 is 14.3 Å². The summed E-state index contributed by atoms with van der Waals surface area (Å²) in [6.07, 6.45) is 10.6. The van der Waals surface area contributed by atoms with Crippen LogP contribution in [-0.4, -0.2) is 35.2 Å². The van der Waals surface area contributed by atoms with E-state index < -0.39 is 11.6 Å². The van der Waals surface area contributed by atoms with Crippen LogP contribution in [0.2, 0.25) is 0 Å². The van der Waals surface area contributed by atoms with Gasteiger partial charge in [0.25, 0.3) is 0 Å². The molecule has 2 aromatic carbocycles. The fourth-order valence-electron chi connectivity index (χ4n) is 6.42. The molecule has 1 aromatic heterocycles. The number of fused-ring (bicyclic) bond motifs is 2.